The van der Waals surface area contributed by atoms with Gasteiger partial charge >= 0.3 is 0 Å². The van der Waals surface area contributed by atoms with Gasteiger partial charge in [0.05, 0.1) is 0 Å². The molecule has 1 heterocycles. The van der Waals surface area contributed by atoms with Crippen LogP contribution in [0.15, 0.2) is 18.2 Å². The molecule has 1 aromatic carbocycles. The maximum Gasteiger partial charge on any atom is 0.254 e. The lowest BCUT2D eigenvalue weighted by Crippen LogP contribution is -2.36. The van der Waals surface area contributed by atoms with Gasteiger partial charge < -0.3 is 10.2 Å². The highest BCUT2D eigenvalue weighted by atomic mass is 32.2. The number of thioether (sulfide) groups is 1. The molecule has 2 rings (SSSR count). The Hall–Kier alpha value is -1.16. The zero-order valence-corrected chi connectivity index (χ0v) is 13.4. The van der Waals surface area contributed by atoms with Gasteiger partial charge in [0, 0.05) is 30.9 Å². The molecule has 0 aliphatic carbocycles. The molecule has 1 aliphatic heterocycles. The van der Waals surface area contributed by atoms with E-state index >= 15 is 0 Å². The largest absolute Gasteiger partial charge is 0.385 e. The maximum atomic E-state index is 12.7. The average Bonchev–Trinajstić information content (AvgIpc) is 2.50. The summed E-state index contributed by atoms with van der Waals surface area (Å²) in [5.74, 6) is 1.24. The first-order chi connectivity index (χ1) is 9.65. The third-order valence-corrected chi connectivity index (χ3v) is 4.69. The van der Waals surface area contributed by atoms with Gasteiger partial charge in [-0.1, -0.05) is 6.07 Å². The van der Waals surface area contributed by atoms with Crippen molar-refractivity contribution in [1.29, 1.82) is 0 Å². The number of nitrogens with one attached hydrogen (secondary N) is 1. The third kappa shape index (κ3) is 3.29. The summed E-state index contributed by atoms with van der Waals surface area (Å²) in [5.41, 5.74) is 3.19. The monoisotopic (exact) mass is 292 g/mol. The number of hydrogen-bond donors (Lipinski definition) is 1. The van der Waals surface area contributed by atoms with E-state index < -0.39 is 0 Å². The highest BCUT2D eigenvalue weighted by Crippen LogP contribution is 2.26. The lowest BCUT2D eigenvalue weighted by molar-refractivity contribution is 0.0740. The number of rotatable bonds is 5. The molecule has 3 nitrogen and oxygen atoms in total. The van der Waals surface area contributed by atoms with Crippen molar-refractivity contribution >= 4 is 23.4 Å². The van der Waals surface area contributed by atoms with Crippen LogP contribution in [0, 0.1) is 0 Å². The molecule has 1 aromatic rings. The lowest BCUT2D eigenvalue weighted by atomic mass is 9.96. The summed E-state index contributed by atoms with van der Waals surface area (Å²) in [6.45, 7) is 3.13. The number of carbonyl (C=O) groups is 1. The van der Waals surface area contributed by atoms with Gasteiger partial charge in [-0.2, -0.15) is 11.8 Å². The van der Waals surface area contributed by atoms with E-state index in [0.717, 1.165) is 42.8 Å². The van der Waals surface area contributed by atoms with Crippen LogP contribution in [-0.4, -0.2) is 42.4 Å². The van der Waals surface area contributed by atoms with Crippen LogP contribution in [0.2, 0.25) is 0 Å². The molecule has 0 spiro atoms. The Labute approximate surface area is 126 Å². The fourth-order valence-corrected chi connectivity index (χ4v) is 3.16. The Morgan fingerprint density at radius 2 is 2.30 bits per heavy atom. The summed E-state index contributed by atoms with van der Waals surface area (Å²) in [5, 5.41) is 3.39. The number of benzene rings is 1. The zero-order chi connectivity index (χ0) is 14.5. The van der Waals surface area contributed by atoms with E-state index in [0.29, 0.717) is 0 Å². The van der Waals surface area contributed by atoms with Gasteiger partial charge in [0.1, 0.15) is 0 Å². The Bertz CT molecular complexity index is 476. The van der Waals surface area contributed by atoms with Crippen molar-refractivity contribution in [3.05, 3.63) is 29.3 Å². The van der Waals surface area contributed by atoms with Crippen molar-refractivity contribution in [3.8, 4) is 0 Å². The number of amides is 1. The molecule has 0 radical (unpaired) electrons. The minimum atomic E-state index is 0.152. The molecule has 20 heavy (non-hydrogen) atoms. The molecular weight excluding hydrogens is 268 g/mol. The fourth-order valence-electron chi connectivity index (χ4n) is 2.58. The highest BCUT2D eigenvalue weighted by molar-refractivity contribution is 7.98. The molecule has 0 saturated heterocycles. The van der Waals surface area contributed by atoms with Crippen molar-refractivity contribution in [2.24, 2.45) is 0 Å². The van der Waals surface area contributed by atoms with E-state index in [2.05, 4.69) is 24.6 Å². The number of hydrogen-bond acceptors (Lipinski definition) is 3. The summed E-state index contributed by atoms with van der Waals surface area (Å²) in [7, 11) is 1.92. The van der Waals surface area contributed by atoms with Gasteiger partial charge in [-0.05, 0) is 55.9 Å². The number of fused-ring (bicyclic) bond motifs is 1. The van der Waals surface area contributed by atoms with E-state index in [1.165, 1.54) is 5.56 Å². The standard InChI is InChI=1S/C16H24N2OS/c1-12(9-11-20-3)18(2)16(19)14-6-4-8-15-13(14)7-5-10-17-15/h4,6,8,12,17H,5,7,9-11H2,1-3H3. The zero-order valence-electron chi connectivity index (χ0n) is 12.6. The van der Waals surface area contributed by atoms with Crippen LogP contribution >= 0.6 is 11.8 Å². The minimum Gasteiger partial charge on any atom is -0.385 e. The first-order valence-electron chi connectivity index (χ1n) is 7.27. The number of nitrogens with zero attached hydrogens (tertiary/aromatic N) is 1. The normalized spacial score (nSPS) is 15.2. The topological polar surface area (TPSA) is 32.3 Å². The first kappa shape index (κ1) is 15.2. The number of carbonyl (C=O) groups excluding carboxylic acids is 1. The van der Waals surface area contributed by atoms with E-state index in [1.807, 2.05) is 35.8 Å². The highest BCUT2D eigenvalue weighted by Gasteiger charge is 2.22. The second-order valence-electron chi connectivity index (χ2n) is 5.41. The summed E-state index contributed by atoms with van der Waals surface area (Å²) < 4.78 is 0. The Morgan fingerprint density at radius 3 is 3.05 bits per heavy atom. The van der Waals surface area contributed by atoms with Crippen LogP contribution < -0.4 is 5.32 Å². The molecule has 1 aliphatic rings. The average molecular weight is 292 g/mol. The third-order valence-electron chi connectivity index (χ3n) is 4.05. The predicted molar refractivity (Wildman–Crippen MR) is 87.8 cm³/mol. The molecule has 1 atom stereocenters. The van der Waals surface area contributed by atoms with Crippen molar-refractivity contribution in [3.63, 3.8) is 0 Å². The van der Waals surface area contributed by atoms with Crippen LogP contribution in [0.3, 0.4) is 0 Å². The van der Waals surface area contributed by atoms with Gasteiger partial charge in [-0.25, -0.2) is 0 Å². The van der Waals surface area contributed by atoms with Crippen LogP contribution in [0.1, 0.15) is 35.7 Å². The molecule has 0 bridgehead atoms. The smallest absolute Gasteiger partial charge is 0.254 e. The van der Waals surface area contributed by atoms with E-state index in [1.54, 1.807) is 0 Å². The molecule has 110 valence electrons. The second-order valence-corrected chi connectivity index (χ2v) is 6.39. The van der Waals surface area contributed by atoms with Gasteiger partial charge in [-0.3, -0.25) is 4.79 Å². The van der Waals surface area contributed by atoms with Crippen molar-refractivity contribution < 1.29 is 4.79 Å². The SMILES string of the molecule is CSCCC(C)N(C)C(=O)c1cccc2c1CCCN2. The minimum absolute atomic E-state index is 0.152. The van der Waals surface area contributed by atoms with Crippen molar-refractivity contribution in [2.45, 2.75) is 32.2 Å². The van der Waals surface area contributed by atoms with E-state index in [9.17, 15) is 4.79 Å². The molecule has 0 saturated carbocycles. The first-order valence-corrected chi connectivity index (χ1v) is 8.66. The maximum absolute atomic E-state index is 12.7. The molecule has 1 unspecified atom stereocenters. The Morgan fingerprint density at radius 1 is 1.50 bits per heavy atom. The Balaban J connectivity index is 2.16. The molecule has 0 aromatic heterocycles. The summed E-state index contributed by atoms with van der Waals surface area (Å²) in [4.78, 5) is 14.6. The summed E-state index contributed by atoms with van der Waals surface area (Å²) >= 11 is 1.83. The molecule has 0 fully saturated rings. The number of anilines is 1. The van der Waals surface area contributed by atoms with E-state index in [-0.39, 0.29) is 11.9 Å². The molecule has 4 heteroatoms. The van der Waals surface area contributed by atoms with Gasteiger partial charge in [0.15, 0.2) is 0 Å². The van der Waals surface area contributed by atoms with Crippen LogP contribution in [0.25, 0.3) is 0 Å². The summed E-state index contributed by atoms with van der Waals surface area (Å²) in [6, 6.07) is 6.29. The van der Waals surface area contributed by atoms with Crippen molar-refractivity contribution in [1.82, 2.24) is 4.90 Å². The van der Waals surface area contributed by atoms with Gasteiger partial charge in [-0.15, -0.1) is 0 Å². The Kier molecular flexibility index (Phi) is 5.35. The van der Waals surface area contributed by atoms with Crippen LogP contribution in [0.5, 0.6) is 0 Å². The molecule has 1 amide bonds. The van der Waals surface area contributed by atoms with Crippen molar-refractivity contribution in [2.75, 3.05) is 30.9 Å². The molecular formula is C16H24N2OS. The van der Waals surface area contributed by atoms with Crippen LogP contribution in [0.4, 0.5) is 5.69 Å². The molecule has 1 N–H and O–H groups in total. The quantitative estimate of drug-likeness (QED) is 0.904. The van der Waals surface area contributed by atoms with Gasteiger partial charge in [0.2, 0.25) is 0 Å². The fraction of sp³-hybridized carbons (Fsp3) is 0.562. The second kappa shape index (κ2) is 7.02. The lowest BCUT2D eigenvalue weighted by Gasteiger charge is -2.27. The van der Waals surface area contributed by atoms with Crippen LogP contribution in [-0.2, 0) is 6.42 Å². The summed E-state index contributed by atoms with van der Waals surface area (Å²) in [6.07, 6.45) is 5.24. The van der Waals surface area contributed by atoms with Gasteiger partial charge in [0.25, 0.3) is 5.91 Å². The predicted octanol–water partition coefficient (Wildman–Crippen LogP) is 3.26. The van der Waals surface area contributed by atoms with E-state index in [4.69, 9.17) is 0 Å².